The minimum absolute atomic E-state index is 0.245. The number of fused-ring (bicyclic) bond motifs is 3. The van der Waals surface area contributed by atoms with Gasteiger partial charge in [-0.05, 0) is 36.8 Å². The molecule has 0 atom stereocenters. The maximum absolute atomic E-state index is 13.4. The second-order valence-electron chi connectivity index (χ2n) is 6.06. The summed E-state index contributed by atoms with van der Waals surface area (Å²) in [6.07, 6.45) is 0. The zero-order chi connectivity index (χ0) is 18.3. The van der Waals surface area contributed by atoms with Crippen LogP contribution in [0, 0.1) is 5.82 Å². The minimum atomic E-state index is -0.467. The van der Waals surface area contributed by atoms with E-state index in [0.29, 0.717) is 0 Å². The summed E-state index contributed by atoms with van der Waals surface area (Å²) < 4.78 is 20.6. The molecule has 0 aliphatic heterocycles. The number of ether oxygens (including phenoxy) is 1. The van der Waals surface area contributed by atoms with Gasteiger partial charge in [-0.15, -0.1) is 0 Å². The van der Waals surface area contributed by atoms with Crippen molar-refractivity contribution >= 4 is 27.9 Å². The van der Waals surface area contributed by atoms with Gasteiger partial charge in [-0.25, -0.2) is 14.2 Å². The number of halogens is 1. The zero-order valence-electron chi connectivity index (χ0n) is 14.5. The van der Waals surface area contributed by atoms with Gasteiger partial charge in [0.1, 0.15) is 11.5 Å². The number of rotatable bonds is 3. The third kappa shape index (κ3) is 2.52. The van der Waals surface area contributed by atoms with Crippen LogP contribution in [0.4, 0.5) is 4.39 Å². The van der Waals surface area contributed by atoms with Crippen LogP contribution in [-0.4, -0.2) is 22.1 Å². The lowest BCUT2D eigenvalue weighted by Crippen LogP contribution is -2.07. The lowest BCUT2D eigenvalue weighted by atomic mass is 10.0. The topological polar surface area (TPSA) is 44.1 Å². The van der Waals surface area contributed by atoms with Crippen LogP contribution in [0.3, 0.4) is 0 Å². The molecular weight excluding hydrogens is 331 g/mol. The van der Waals surface area contributed by atoms with Crippen molar-refractivity contribution in [2.45, 2.75) is 6.92 Å². The number of benzene rings is 2. The summed E-state index contributed by atoms with van der Waals surface area (Å²) in [5, 5.41) is 0.958. The fourth-order valence-corrected chi connectivity index (χ4v) is 3.31. The Bertz CT molecular complexity index is 1130. The standard InChI is InChI=1S/C21H17FN2O2/c1-3-26-21(25)17-12-16(13-8-10-14(22)11-9-13)20-19(23-17)15-6-4-5-7-18(15)24(20)2/h4-12H,3H2,1-2H3. The van der Waals surface area contributed by atoms with Crippen LogP contribution in [0.25, 0.3) is 33.1 Å². The molecule has 0 amide bonds. The average Bonchev–Trinajstić information content (AvgIpc) is 2.95. The normalized spacial score (nSPS) is 11.2. The zero-order valence-corrected chi connectivity index (χ0v) is 14.5. The second kappa shape index (κ2) is 6.26. The van der Waals surface area contributed by atoms with Crippen molar-refractivity contribution in [3.63, 3.8) is 0 Å². The van der Waals surface area contributed by atoms with Crippen molar-refractivity contribution in [1.82, 2.24) is 9.55 Å². The van der Waals surface area contributed by atoms with Gasteiger partial charge in [-0.1, -0.05) is 30.3 Å². The van der Waals surface area contributed by atoms with Crippen molar-refractivity contribution < 1.29 is 13.9 Å². The second-order valence-corrected chi connectivity index (χ2v) is 6.06. The van der Waals surface area contributed by atoms with E-state index in [0.717, 1.165) is 33.1 Å². The number of carbonyl (C=O) groups excluding carboxylic acids is 1. The van der Waals surface area contributed by atoms with E-state index in [1.54, 1.807) is 25.1 Å². The fraction of sp³-hybridized carbons (Fsp3) is 0.143. The molecule has 2 heterocycles. The van der Waals surface area contributed by atoms with E-state index < -0.39 is 5.97 Å². The lowest BCUT2D eigenvalue weighted by Gasteiger charge is -2.09. The van der Waals surface area contributed by atoms with Crippen LogP contribution in [0.2, 0.25) is 0 Å². The number of aryl methyl sites for hydroxylation is 1. The number of hydrogen-bond acceptors (Lipinski definition) is 3. The van der Waals surface area contributed by atoms with Gasteiger partial charge in [-0.3, -0.25) is 0 Å². The first-order valence-corrected chi connectivity index (χ1v) is 8.41. The smallest absolute Gasteiger partial charge is 0.356 e. The van der Waals surface area contributed by atoms with Gasteiger partial charge in [0.2, 0.25) is 0 Å². The maximum atomic E-state index is 13.4. The summed E-state index contributed by atoms with van der Waals surface area (Å²) in [4.78, 5) is 16.9. The van der Waals surface area contributed by atoms with Crippen LogP contribution in [0.5, 0.6) is 0 Å². The molecule has 0 fully saturated rings. The van der Waals surface area contributed by atoms with Gasteiger partial charge in [0.25, 0.3) is 0 Å². The predicted molar refractivity (Wildman–Crippen MR) is 99.6 cm³/mol. The molecule has 4 nitrogen and oxygen atoms in total. The third-order valence-electron chi connectivity index (χ3n) is 4.49. The molecule has 0 radical (unpaired) electrons. The van der Waals surface area contributed by atoms with Gasteiger partial charge in [0.05, 0.1) is 23.2 Å². The van der Waals surface area contributed by atoms with Gasteiger partial charge < -0.3 is 9.30 Å². The Morgan fingerprint density at radius 1 is 1.15 bits per heavy atom. The number of aromatic nitrogens is 2. The predicted octanol–water partition coefficient (Wildman–Crippen LogP) is 4.71. The van der Waals surface area contributed by atoms with Crippen LogP contribution in [0.1, 0.15) is 17.4 Å². The summed E-state index contributed by atoms with van der Waals surface area (Å²) in [7, 11) is 1.96. The number of pyridine rings is 1. The van der Waals surface area contributed by atoms with Crippen molar-refractivity contribution in [3.05, 3.63) is 66.1 Å². The fourth-order valence-electron chi connectivity index (χ4n) is 3.31. The number of para-hydroxylation sites is 1. The van der Waals surface area contributed by atoms with Crippen molar-refractivity contribution in [2.24, 2.45) is 7.05 Å². The van der Waals surface area contributed by atoms with Crippen molar-refractivity contribution in [3.8, 4) is 11.1 Å². The summed E-state index contributed by atoms with van der Waals surface area (Å²) in [5.74, 6) is -0.771. The monoisotopic (exact) mass is 348 g/mol. The van der Waals surface area contributed by atoms with E-state index in [1.165, 1.54) is 12.1 Å². The van der Waals surface area contributed by atoms with Crippen LogP contribution < -0.4 is 0 Å². The first-order valence-electron chi connectivity index (χ1n) is 8.41. The highest BCUT2D eigenvalue weighted by Crippen LogP contribution is 2.35. The molecule has 0 bridgehead atoms. The largest absolute Gasteiger partial charge is 0.461 e. The molecule has 4 aromatic rings. The Morgan fingerprint density at radius 3 is 2.62 bits per heavy atom. The van der Waals surface area contributed by atoms with Crippen molar-refractivity contribution in [1.29, 1.82) is 0 Å². The number of carbonyl (C=O) groups is 1. The molecule has 0 unspecified atom stereocenters. The van der Waals surface area contributed by atoms with Crippen LogP contribution in [0.15, 0.2) is 54.6 Å². The third-order valence-corrected chi connectivity index (χ3v) is 4.49. The highest BCUT2D eigenvalue weighted by molar-refractivity contribution is 6.11. The van der Waals surface area contributed by atoms with Crippen LogP contribution in [-0.2, 0) is 11.8 Å². The molecule has 0 N–H and O–H groups in total. The summed E-state index contributed by atoms with van der Waals surface area (Å²) in [6.45, 7) is 2.04. The Labute approximate surface area is 149 Å². The molecule has 0 spiro atoms. The SMILES string of the molecule is CCOC(=O)c1cc(-c2ccc(F)cc2)c2c(n1)c1ccccc1n2C. The lowest BCUT2D eigenvalue weighted by molar-refractivity contribution is 0.0520. The van der Waals surface area contributed by atoms with E-state index in [2.05, 4.69) is 4.98 Å². The Kier molecular flexibility index (Phi) is 3.92. The number of hydrogen-bond donors (Lipinski definition) is 0. The molecule has 0 saturated heterocycles. The summed E-state index contributed by atoms with van der Waals surface area (Å²) in [6, 6.07) is 15.8. The molecule has 2 aromatic carbocycles. The molecule has 2 aromatic heterocycles. The molecule has 5 heteroatoms. The highest BCUT2D eigenvalue weighted by atomic mass is 19.1. The molecule has 0 aliphatic rings. The summed E-state index contributed by atoms with van der Waals surface area (Å²) >= 11 is 0. The van der Waals surface area contributed by atoms with E-state index in [-0.39, 0.29) is 18.1 Å². The van der Waals surface area contributed by atoms with E-state index >= 15 is 0 Å². The Balaban J connectivity index is 2.10. The maximum Gasteiger partial charge on any atom is 0.356 e. The van der Waals surface area contributed by atoms with Crippen LogP contribution >= 0.6 is 0 Å². The van der Waals surface area contributed by atoms with Gasteiger partial charge in [0, 0.05) is 18.0 Å². The highest BCUT2D eigenvalue weighted by Gasteiger charge is 2.19. The average molecular weight is 348 g/mol. The quantitative estimate of drug-likeness (QED) is 0.504. The molecule has 0 aliphatic carbocycles. The molecule has 4 rings (SSSR count). The van der Waals surface area contributed by atoms with E-state index in [1.807, 2.05) is 35.9 Å². The van der Waals surface area contributed by atoms with Crippen molar-refractivity contribution in [2.75, 3.05) is 6.61 Å². The van der Waals surface area contributed by atoms with Gasteiger partial charge in [-0.2, -0.15) is 0 Å². The van der Waals surface area contributed by atoms with Gasteiger partial charge in [0.15, 0.2) is 0 Å². The minimum Gasteiger partial charge on any atom is -0.461 e. The molecule has 130 valence electrons. The molecular formula is C21H17FN2O2. The number of esters is 1. The first kappa shape index (κ1) is 16.3. The van der Waals surface area contributed by atoms with Gasteiger partial charge >= 0.3 is 5.97 Å². The first-order chi connectivity index (χ1) is 12.6. The Hall–Kier alpha value is -3.21. The van der Waals surface area contributed by atoms with E-state index in [4.69, 9.17) is 4.74 Å². The summed E-state index contributed by atoms with van der Waals surface area (Å²) in [5.41, 5.74) is 4.51. The van der Waals surface area contributed by atoms with E-state index in [9.17, 15) is 9.18 Å². The molecule has 26 heavy (non-hydrogen) atoms. The Morgan fingerprint density at radius 2 is 1.88 bits per heavy atom. The number of nitrogens with zero attached hydrogens (tertiary/aromatic N) is 2. The molecule has 0 saturated carbocycles.